The topological polar surface area (TPSA) is 37.8 Å². The summed E-state index contributed by atoms with van der Waals surface area (Å²) >= 11 is 6.02. The van der Waals surface area contributed by atoms with Crippen molar-refractivity contribution in [3.63, 3.8) is 0 Å². The smallest absolute Gasteiger partial charge is 0.161 e. The van der Waals surface area contributed by atoms with Gasteiger partial charge in [-0.25, -0.2) is 9.97 Å². The molecule has 1 heterocycles. The van der Waals surface area contributed by atoms with Gasteiger partial charge in [0.1, 0.15) is 5.82 Å². The van der Waals surface area contributed by atoms with Gasteiger partial charge >= 0.3 is 0 Å². The third kappa shape index (κ3) is 3.04. The van der Waals surface area contributed by atoms with E-state index in [0.29, 0.717) is 10.8 Å². The minimum Gasteiger partial charge on any atom is -0.370 e. The molecule has 1 N–H and O–H groups in total. The molecule has 0 saturated carbocycles. The van der Waals surface area contributed by atoms with Gasteiger partial charge in [-0.1, -0.05) is 30.7 Å². The third-order valence-electron chi connectivity index (χ3n) is 2.99. The lowest BCUT2D eigenvalue weighted by Crippen LogP contribution is -2.07. The Kier molecular flexibility index (Phi) is 4.38. The van der Waals surface area contributed by atoms with Crippen LogP contribution in [0.1, 0.15) is 25.1 Å². The Morgan fingerprint density at radius 2 is 2.00 bits per heavy atom. The molecule has 0 atom stereocenters. The summed E-state index contributed by atoms with van der Waals surface area (Å²) in [4.78, 5) is 9.21. The Bertz CT molecular complexity index is 582. The molecule has 2 aromatic rings. The first-order valence-electron chi connectivity index (χ1n) is 6.53. The Balaban J connectivity index is 2.53. The molecule has 19 heavy (non-hydrogen) atoms. The molecule has 1 aromatic carbocycles. The molecule has 4 heteroatoms. The van der Waals surface area contributed by atoms with Gasteiger partial charge in [-0.05, 0) is 32.4 Å². The summed E-state index contributed by atoms with van der Waals surface area (Å²) in [6, 6.07) is 7.63. The number of nitrogens with zero attached hydrogens (tertiary/aromatic N) is 2. The van der Waals surface area contributed by atoms with Crippen molar-refractivity contribution in [2.75, 3.05) is 11.9 Å². The van der Waals surface area contributed by atoms with E-state index in [1.807, 2.05) is 31.2 Å². The van der Waals surface area contributed by atoms with Crippen molar-refractivity contribution in [1.29, 1.82) is 0 Å². The second-order valence-corrected chi connectivity index (χ2v) is 4.79. The lowest BCUT2D eigenvalue weighted by atomic mass is 10.1. The Hall–Kier alpha value is -1.61. The molecule has 0 aliphatic rings. The molecule has 0 amide bonds. The van der Waals surface area contributed by atoms with Crippen molar-refractivity contribution in [2.45, 2.75) is 27.2 Å². The summed E-state index contributed by atoms with van der Waals surface area (Å²) in [6.07, 6.45) is 0.921. The fraction of sp³-hybridized carbons (Fsp3) is 0.333. The second kappa shape index (κ2) is 6.02. The highest BCUT2D eigenvalue weighted by Gasteiger charge is 2.11. The number of benzene rings is 1. The van der Waals surface area contributed by atoms with Crippen LogP contribution in [0.15, 0.2) is 24.3 Å². The van der Waals surface area contributed by atoms with E-state index in [0.717, 1.165) is 30.0 Å². The zero-order valence-corrected chi connectivity index (χ0v) is 12.3. The van der Waals surface area contributed by atoms with Crippen molar-refractivity contribution < 1.29 is 0 Å². The van der Waals surface area contributed by atoms with Crippen molar-refractivity contribution in [3.8, 4) is 11.4 Å². The van der Waals surface area contributed by atoms with Crippen molar-refractivity contribution in [3.05, 3.63) is 40.5 Å². The minimum absolute atomic E-state index is 0.698. The van der Waals surface area contributed by atoms with Crippen molar-refractivity contribution >= 4 is 17.4 Å². The van der Waals surface area contributed by atoms with E-state index in [1.54, 1.807) is 0 Å². The highest BCUT2D eigenvalue weighted by Crippen LogP contribution is 2.24. The number of rotatable bonds is 4. The fourth-order valence-corrected chi connectivity index (χ4v) is 2.28. The summed E-state index contributed by atoms with van der Waals surface area (Å²) in [7, 11) is 0. The van der Waals surface area contributed by atoms with Crippen LogP contribution >= 0.6 is 11.6 Å². The predicted molar refractivity (Wildman–Crippen MR) is 80.8 cm³/mol. The average Bonchev–Trinajstić information content (AvgIpc) is 2.39. The minimum atomic E-state index is 0.698. The molecule has 1 aromatic heterocycles. The van der Waals surface area contributed by atoms with E-state index in [2.05, 4.69) is 29.1 Å². The van der Waals surface area contributed by atoms with E-state index in [4.69, 9.17) is 11.6 Å². The molecule has 0 spiro atoms. The molecule has 0 radical (unpaired) electrons. The van der Waals surface area contributed by atoms with E-state index in [9.17, 15) is 0 Å². The van der Waals surface area contributed by atoms with E-state index < -0.39 is 0 Å². The highest BCUT2D eigenvalue weighted by molar-refractivity contribution is 6.30. The lowest BCUT2D eigenvalue weighted by Gasteiger charge is -2.13. The SMILES string of the molecule is CCNc1nc(-c2cccc(Cl)c2)nc(C)c1CC. The molecule has 100 valence electrons. The van der Waals surface area contributed by atoms with Crippen LogP contribution in [-0.2, 0) is 6.42 Å². The van der Waals surface area contributed by atoms with Gasteiger partial charge in [-0.3, -0.25) is 0 Å². The lowest BCUT2D eigenvalue weighted by molar-refractivity contribution is 0.989. The number of hydrogen-bond donors (Lipinski definition) is 1. The number of nitrogens with one attached hydrogen (secondary N) is 1. The van der Waals surface area contributed by atoms with Crippen LogP contribution < -0.4 is 5.32 Å². The Morgan fingerprint density at radius 1 is 1.21 bits per heavy atom. The Labute approximate surface area is 119 Å². The van der Waals surface area contributed by atoms with Gasteiger partial charge < -0.3 is 5.32 Å². The number of halogens is 1. The summed E-state index contributed by atoms with van der Waals surface area (Å²) < 4.78 is 0. The van der Waals surface area contributed by atoms with Crippen LogP contribution in [0.25, 0.3) is 11.4 Å². The van der Waals surface area contributed by atoms with E-state index >= 15 is 0 Å². The molecule has 2 rings (SSSR count). The maximum absolute atomic E-state index is 6.02. The normalized spacial score (nSPS) is 10.5. The Morgan fingerprint density at radius 3 is 2.63 bits per heavy atom. The standard InChI is InChI=1S/C15H18ClN3/c1-4-13-10(3)18-14(19-15(13)17-5-2)11-7-6-8-12(16)9-11/h6-9H,4-5H2,1-3H3,(H,17,18,19). The zero-order chi connectivity index (χ0) is 13.8. The molecule has 0 bridgehead atoms. The molecule has 0 unspecified atom stereocenters. The van der Waals surface area contributed by atoms with Crippen LogP contribution in [0.5, 0.6) is 0 Å². The summed E-state index contributed by atoms with van der Waals surface area (Å²) in [6.45, 7) is 7.05. The molecule has 0 aliphatic heterocycles. The second-order valence-electron chi connectivity index (χ2n) is 4.35. The molecule has 0 fully saturated rings. The van der Waals surface area contributed by atoms with E-state index in [1.165, 1.54) is 5.56 Å². The first-order chi connectivity index (χ1) is 9.15. The highest BCUT2D eigenvalue weighted by atomic mass is 35.5. The quantitative estimate of drug-likeness (QED) is 0.913. The van der Waals surface area contributed by atoms with E-state index in [-0.39, 0.29) is 0 Å². The van der Waals surface area contributed by atoms with Gasteiger partial charge in [0, 0.05) is 28.4 Å². The molecule has 0 saturated heterocycles. The number of aromatic nitrogens is 2. The average molecular weight is 276 g/mol. The van der Waals surface area contributed by atoms with Crippen LogP contribution in [0.3, 0.4) is 0 Å². The summed E-state index contributed by atoms with van der Waals surface area (Å²) in [5.74, 6) is 1.64. The zero-order valence-electron chi connectivity index (χ0n) is 11.5. The molecule has 0 aliphatic carbocycles. The fourth-order valence-electron chi connectivity index (χ4n) is 2.09. The number of hydrogen-bond acceptors (Lipinski definition) is 3. The summed E-state index contributed by atoms with van der Waals surface area (Å²) in [5.41, 5.74) is 3.13. The van der Waals surface area contributed by atoms with Gasteiger partial charge in [0.05, 0.1) is 0 Å². The molecule has 3 nitrogen and oxygen atoms in total. The van der Waals surface area contributed by atoms with Gasteiger partial charge in [0.2, 0.25) is 0 Å². The summed E-state index contributed by atoms with van der Waals surface area (Å²) in [5, 5.41) is 4.01. The number of aryl methyl sites for hydroxylation is 1. The number of anilines is 1. The maximum Gasteiger partial charge on any atom is 0.161 e. The van der Waals surface area contributed by atoms with Crippen molar-refractivity contribution in [1.82, 2.24) is 9.97 Å². The monoisotopic (exact) mass is 275 g/mol. The molecular weight excluding hydrogens is 258 g/mol. The van der Waals surface area contributed by atoms with Crippen LogP contribution in [0.4, 0.5) is 5.82 Å². The van der Waals surface area contributed by atoms with Gasteiger partial charge in [-0.15, -0.1) is 0 Å². The van der Waals surface area contributed by atoms with Crippen LogP contribution in [0, 0.1) is 6.92 Å². The maximum atomic E-state index is 6.02. The largest absolute Gasteiger partial charge is 0.370 e. The van der Waals surface area contributed by atoms with Crippen LogP contribution in [-0.4, -0.2) is 16.5 Å². The van der Waals surface area contributed by atoms with Crippen molar-refractivity contribution in [2.24, 2.45) is 0 Å². The molecular formula is C15H18ClN3. The van der Waals surface area contributed by atoms with Gasteiger partial charge in [0.25, 0.3) is 0 Å². The first-order valence-corrected chi connectivity index (χ1v) is 6.90. The van der Waals surface area contributed by atoms with Crippen LogP contribution in [0.2, 0.25) is 5.02 Å². The first kappa shape index (κ1) is 13.8. The third-order valence-corrected chi connectivity index (χ3v) is 3.23. The predicted octanol–water partition coefficient (Wildman–Crippen LogP) is 4.10. The van der Waals surface area contributed by atoms with Gasteiger partial charge in [-0.2, -0.15) is 0 Å². The van der Waals surface area contributed by atoms with Gasteiger partial charge in [0.15, 0.2) is 5.82 Å².